The molecule has 2 aromatic rings. The lowest BCUT2D eigenvalue weighted by molar-refractivity contribution is -0.384. The number of fused-ring (bicyclic) bond motifs is 1. The molecule has 3 rings (SSSR count). The number of carbonyl (C=O) groups excluding carboxylic acids is 2. The third kappa shape index (κ3) is 4.59. The van der Waals surface area contributed by atoms with Crippen LogP contribution >= 0.6 is 0 Å². The molecule has 2 aromatic carbocycles. The van der Waals surface area contributed by atoms with Gasteiger partial charge < -0.3 is 15.0 Å². The summed E-state index contributed by atoms with van der Waals surface area (Å²) < 4.78 is 5.30. The smallest absolute Gasteiger partial charge is 0.408 e. The van der Waals surface area contributed by atoms with Crippen molar-refractivity contribution in [1.29, 1.82) is 0 Å². The molecule has 0 aliphatic carbocycles. The summed E-state index contributed by atoms with van der Waals surface area (Å²) >= 11 is 0. The van der Waals surface area contributed by atoms with E-state index in [2.05, 4.69) is 5.32 Å². The van der Waals surface area contributed by atoms with Gasteiger partial charge in [0.25, 0.3) is 11.6 Å². The minimum Gasteiger partial charge on any atom is -0.444 e. The van der Waals surface area contributed by atoms with Gasteiger partial charge in [0.1, 0.15) is 11.6 Å². The van der Waals surface area contributed by atoms with Crippen molar-refractivity contribution in [3.05, 3.63) is 69.8 Å². The first-order chi connectivity index (χ1) is 14.1. The number of benzene rings is 2. The molecule has 0 saturated heterocycles. The highest BCUT2D eigenvalue weighted by atomic mass is 16.6. The molecule has 8 nitrogen and oxygen atoms in total. The summed E-state index contributed by atoms with van der Waals surface area (Å²) in [5.41, 5.74) is 1.31. The summed E-state index contributed by atoms with van der Waals surface area (Å²) in [5, 5.41) is 13.9. The second kappa shape index (κ2) is 8.14. The number of rotatable bonds is 4. The van der Waals surface area contributed by atoms with Gasteiger partial charge in [-0.2, -0.15) is 0 Å². The van der Waals surface area contributed by atoms with E-state index in [1.807, 2.05) is 37.3 Å². The zero-order valence-corrected chi connectivity index (χ0v) is 17.4. The maximum Gasteiger partial charge on any atom is 0.408 e. The van der Waals surface area contributed by atoms with Gasteiger partial charge in [0.2, 0.25) is 0 Å². The lowest BCUT2D eigenvalue weighted by Crippen LogP contribution is -2.54. The van der Waals surface area contributed by atoms with Crippen LogP contribution in [0.3, 0.4) is 0 Å². The zero-order valence-electron chi connectivity index (χ0n) is 17.4. The Balaban J connectivity index is 1.99. The molecule has 0 saturated carbocycles. The number of non-ortho nitro benzene ring substituents is 1. The molecule has 2 amide bonds. The molecule has 8 heteroatoms. The summed E-state index contributed by atoms with van der Waals surface area (Å²) in [6.07, 6.45) is -0.456. The predicted molar refractivity (Wildman–Crippen MR) is 112 cm³/mol. The lowest BCUT2D eigenvalue weighted by Gasteiger charge is -2.38. The van der Waals surface area contributed by atoms with Crippen LogP contribution in [-0.2, 0) is 16.0 Å². The van der Waals surface area contributed by atoms with Gasteiger partial charge in [-0.05, 0) is 38.8 Å². The quantitative estimate of drug-likeness (QED) is 0.602. The van der Waals surface area contributed by atoms with Crippen LogP contribution in [0.1, 0.15) is 44.9 Å². The number of hydrogen-bond donors (Lipinski definition) is 1. The summed E-state index contributed by atoms with van der Waals surface area (Å²) in [6.45, 7) is 7.08. The van der Waals surface area contributed by atoms with E-state index in [9.17, 15) is 19.7 Å². The minimum absolute atomic E-state index is 0.0923. The number of amides is 2. The molecule has 0 bridgehead atoms. The van der Waals surface area contributed by atoms with Crippen LogP contribution in [0.25, 0.3) is 0 Å². The van der Waals surface area contributed by atoms with Crippen molar-refractivity contribution in [3.8, 4) is 0 Å². The Kier molecular flexibility index (Phi) is 5.78. The molecule has 1 N–H and O–H groups in total. The molecule has 30 heavy (non-hydrogen) atoms. The van der Waals surface area contributed by atoms with E-state index in [4.69, 9.17) is 4.74 Å². The van der Waals surface area contributed by atoms with Crippen molar-refractivity contribution in [1.82, 2.24) is 5.32 Å². The van der Waals surface area contributed by atoms with Gasteiger partial charge in [0, 0.05) is 18.6 Å². The van der Waals surface area contributed by atoms with Crippen molar-refractivity contribution < 1.29 is 19.2 Å². The van der Waals surface area contributed by atoms with E-state index >= 15 is 0 Å². The second-order valence-corrected chi connectivity index (χ2v) is 8.27. The Morgan fingerprint density at radius 1 is 1.23 bits per heavy atom. The van der Waals surface area contributed by atoms with E-state index in [1.165, 1.54) is 17.0 Å². The van der Waals surface area contributed by atoms with Crippen LogP contribution in [0.2, 0.25) is 0 Å². The SMILES string of the molecule is C[C@@H](c1ccccc1)N1C(=O)[C@H](NC(=O)OC(C)(C)C)Cc2ccc([N+](=O)[O-])cc21. The number of nitro benzene ring substituents is 1. The number of anilines is 1. The van der Waals surface area contributed by atoms with Gasteiger partial charge in [-0.3, -0.25) is 14.9 Å². The van der Waals surface area contributed by atoms with Crippen LogP contribution in [0.5, 0.6) is 0 Å². The molecule has 158 valence electrons. The van der Waals surface area contributed by atoms with Crippen molar-refractivity contribution in [2.45, 2.75) is 51.8 Å². The van der Waals surface area contributed by atoms with Crippen molar-refractivity contribution in [2.24, 2.45) is 0 Å². The maximum atomic E-state index is 13.4. The molecule has 0 fully saturated rings. The Hall–Kier alpha value is -3.42. The number of nitro groups is 1. The summed E-state index contributed by atoms with van der Waals surface area (Å²) in [5.74, 6) is -0.342. The second-order valence-electron chi connectivity index (χ2n) is 8.27. The highest BCUT2D eigenvalue weighted by Crippen LogP contribution is 2.37. The Bertz CT molecular complexity index is 968. The Labute approximate surface area is 175 Å². The van der Waals surface area contributed by atoms with Gasteiger partial charge in [0.15, 0.2) is 0 Å². The van der Waals surface area contributed by atoms with Crippen LogP contribution in [0.15, 0.2) is 48.5 Å². The number of nitrogens with zero attached hydrogens (tertiary/aromatic N) is 2. The number of alkyl carbamates (subject to hydrolysis) is 1. The van der Waals surface area contributed by atoms with Gasteiger partial charge >= 0.3 is 6.09 Å². The summed E-state index contributed by atoms with van der Waals surface area (Å²) in [6, 6.07) is 12.6. The monoisotopic (exact) mass is 411 g/mol. The van der Waals surface area contributed by atoms with Crippen LogP contribution in [0.4, 0.5) is 16.2 Å². The normalized spacial score (nSPS) is 17.1. The fourth-order valence-corrected chi connectivity index (χ4v) is 3.50. The highest BCUT2D eigenvalue weighted by Gasteiger charge is 2.38. The number of nitrogens with one attached hydrogen (secondary N) is 1. The summed E-state index contributed by atoms with van der Waals surface area (Å²) in [7, 11) is 0. The third-order valence-electron chi connectivity index (χ3n) is 4.86. The largest absolute Gasteiger partial charge is 0.444 e. The molecular weight excluding hydrogens is 386 g/mol. The Morgan fingerprint density at radius 3 is 2.50 bits per heavy atom. The van der Waals surface area contributed by atoms with Crippen LogP contribution < -0.4 is 10.2 Å². The molecule has 0 aromatic heterocycles. The topological polar surface area (TPSA) is 102 Å². The average Bonchev–Trinajstić information content (AvgIpc) is 2.67. The van der Waals surface area contributed by atoms with Gasteiger partial charge in [0.05, 0.1) is 16.7 Å². The number of ether oxygens (including phenoxy) is 1. The molecule has 0 spiro atoms. The molecule has 1 aliphatic heterocycles. The predicted octanol–water partition coefficient (Wildman–Crippen LogP) is 4.14. The zero-order chi connectivity index (χ0) is 22.1. The van der Waals surface area contributed by atoms with Gasteiger partial charge in [-0.25, -0.2) is 4.79 Å². The fourth-order valence-electron chi connectivity index (χ4n) is 3.50. The molecular formula is C22H25N3O5. The average molecular weight is 411 g/mol. The van der Waals surface area contributed by atoms with E-state index in [-0.39, 0.29) is 24.1 Å². The van der Waals surface area contributed by atoms with E-state index < -0.39 is 22.7 Å². The minimum atomic E-state index is -0.833. The lowest BCUT2D eigenvalue weighted by atomic mass is 9.93. The van der Waals surface area contributed by atoms with Crippen molar-refractivity contribution in [2.75, 3.05) is 4.90 Å². The first-order valence-electron chi connectivity index (χ1n) is 9.71. The molecule has 0 unspecified atom stereocenters. The van der Waals surface area contributed by atoms with E-state index in [1.54, 1.807) is 26.8 Å². The third-order valence-corrected chi connectivity index (χ3v) is 4.86. The van der Waals surface area contributed by atoms with Gasteiger partial charge in [-0.15, -0.1) is 0 Å². The Morgan fingerprint density at radius 2 is 1.90 bits per heavy atom. The molecule has 1 aliphatic rings. The van der Waals surface area contributed by atoms with Crippen LogP contribution in [0, 0.1) is 10.1 Å². The summed E-state index contributed by atoms with van der Waals surface area (Å²) in [4.78, 5) is 38.0. The van der Waals surface area contributed by atoms with Crippen LogP contribution in [-0.4, -0.2) is 28.6 Å². The van der Waals surface area contributed by atoms with E-state index in [0.29, 0.717) is 5.69 Å². The van der Waals surface area contributed by atoms with Crippen molar-refractivity contribution >= 4 is 23.4 Å². The molecule has 2 atom stereocenters. The maximum absolute atomic E-state index is 13.4. The first kappa shape index (κ1) is 21.3. The van der Waals surface area contributed by atoms with E-state index in [0.717, 1.165) is 11.1 Å². The first-order valence-corrected chi connectivity index (χ1v) is 9.71. The molecule has 0 radical (unpaired) electrons. The standard InChI is InChI=1S/C22H25N3O5/c1-14(15-8-6-5-7-9-15)24-19-13-17(25(28)29)11-10-16(19)12-18(20(24)26)23-21(27)30-22(2,3)4/h5-11,13-14,18H,12H2,1-4H3,(H,23,27)/t14-,18+/m0/s1. The van der Waals surface area contributed by atoms with Gasteiger partial charge in [-0.1, -0.05) is 36.4 Å². The number of carbonyl (C=O) groups is 2. The molecule has 1 heterocycles. The number of hydrogen-bond acceptors (Lipinski definition) is 5. The fraction of sp³-hybridized carbons (Fsp3) is 0.364. The highest BCUT2D eigenvalue weighted by molar-refractivity contribution is 6.02. The van der Waals surface area contributed by atoms with Crippen molar-refractivity contribution in [3.63, 3.8) is 0 Å².